The molecule has 0 unspecified atom stereocenters. The van der Waals surface area contributed by atoms with Crippen LogP contribution in [0.15, 0.2) is 24.3 Å². The van der Waals surface area contributed by atoms with Crippen LogP contribution in [-0.2, 0) is 19.1 Å². The molecule has 2 N–H and O–H groups in total. The van der Waals surface area contributed by atoms with Crippen LogP contribution in [0.4, 0.5) is 0 Å². The van der Waals surface area contributed by atoms with Crippen LogP contribution >= 0.6 is 0 Å². The number of esters is 1. The van der Waals surface area contributed by atoms with Gasteiger partial charge in [0.2, 0.25) is 11.8 Å². The molecule has 0 spiro atoms. The molecule has 7 nitrogen and oxygen atoms in total. The van der Waals surface area contributed by atoms with Gasteiger partial charge in [-0.25, -0.2) is 0 Å². The molecule has 0 aromatic heterocycles. The van der Waals surface area contributed by atoms with Gasteiger partial charge >= 0.3 is 5.97 Å². The third kappa shape index (κ3) is 2.58. The minimum Gasteiger partial charge on any atom is -0.508 e. The van der Waals surface area contributed by atoms with E-state index in [0.717, 1.165) is 10.5 Å². The molecule has 0 aliphatic carbocycles. The van der Waals surface area contributed by atoms with Crippen molar-refractivity contribution in [3.8, 4) is 5.75 Å². The van der Waals surface area contributed by atoms with E-state index in [0.29, 0.717) is 12.8 Å². The Bertz CT molecular complexity index is 732. The van der Waals surface area contributed by atoms with Crippen molar-refractivity contribution in [2.24, 2.45) is 11.8 Å². The molecule has 2 fully saturated rings. The molecule has 26 heavy (non-hydrogen) atoms. The number of hydrogen-bond donors (Lipinski definition) is 2. The Kier molecular flexibility index (Phi) is 4.75. The molecular weight excluding hydrogens is 336 g/mol. The van der Waals surface area contributed by atoms with E-state index in [4.69, 9.17) is 4.74 Å². The molecule has 1 aromatic carbocycles. The number of amides is 2. The fourth-order valence-electron chi connectivity index (χ4n) is 4.29. The molecule has 0 bridgehead atoms. The Morgan fingerprint density at radius 1 is 1.23 bits per heavy atom. The van der Waals surface area contributed by atoms with E-state index >= 15 is 0 Å². The van der Waals surface area contributed by atoms with Gasteiger partial charge in [-0.1, -0.05) is 25.5 Å². The third-order valence-corrected chi connectivity index (χ3v) is 5.41. The van der Waals surface area contributed by atoms with Gasteiger partial charge in [-0.15, -0.1) is 0 Å². The number of phenolic OH excluding ortho intramolecular Hbond substituents is 1. The number of likely N-dealkylation sites (tertiary alicyclic amines) is 1. The average Bonchev–Trinajstić information content (AvgIpc) is 3.07. The molecule has 0 radical (unpaired) electrons. The Balaban J connectivity index is 2.11. The highest BCUT2D eigenvalue weighted by Crippen LogP contribution is 2.50. The molecule has 4 atom stereocenters. The molecule has 140 valence electrons. The highest BCUT2D eigenvalue weighted by Gasteiger charge is 2.67. The van der Waals surface area contributed by atoms with Gasteiger partial charge in [0.1, 0.15) is 11.3 Å². The van der Waals surface area contributed by atoms with Gasteiger partial charge in [0.25, 0.3) is 0 Å². The normalized spacial score (nSPS) is 30.6. The maximum Gasteiger partial charge on any atom is 0.327 e. The summed E-state index contributed by atoms with van der Waals surface area (Å²) >= 11 is 0. The minimum absolute atomic E-state index is 0.111. The number of carbonyl (C=O) groups is 3. The zero-order chi connectivity index (χ0) is 19.1. The van der Waals surface area contributed by atoms with Crippen molar-refractivity contribution < 1.29 is 24.2 Å². The van der Waals surface area contributed by atoms with Gasteiger partial charge in [-0.2, -0.15) is 0 Å². The van der Waals surface area contributed by atoms with Gasteiger partial charge in [-0.05, 0) is 31.0 Å². The number of aromatic hydroxyl groups is 1. The number of fused-ring (bicyclic) bond motifs is 1. The van der Waals surface area contributed by atoms with Gasteiger partial charge in [0.15, 0.2) is 0 Å². The monoisotopic (exact) mass is 360 g/mol. The molecule has 2 heterocycles. The number of rotatable bonds is 5. The summed E-state index contributed by atoms with van der Waals surface area (Å²) in [6.45, 7) is 3.84. The van der Waals surface area contributed by atoms with E-state index in [1.54, 1.807) is 19.1 Å². The number of benzene rings is 1. The van der Waals surface area contributed by atoms with Crippen molar-refractivity contribution in [1.82, 2.24) is 10.2 Å². The summed E-state index contributed by atoms with van der Waals surface area (Å²) in [6.07, 6.45) is 1.05. The number of nitrogens with zero attached hydrogens (tertiary/aromatic N) is 1. The molecular formula is C19H24N2O5. The molecule has 3 rings (SSSR count). The zero-order valence-corrected chi connectivity index (χ0v) is 15.2. The zero-order valence-electron chi connectivity index (χ0n) is 15.2. The van der Waals surface area contributed by atoms with Crippen LogP contribution in [0.5, 0.6) is 5.75 Å². The fraction of sp³-hybridized carbons (Fsp3) is 0.526. The first-order valence-corrected chi connectivity index (χ1v) is 8.92. The second kappa shape index (κ2) is 6.72. The van der Waals surface area contributed by atoms with E-state index in [1.165, 1.54) is 19.2 Å². The number of hydrogen-bond acceptors (Lipinski definition) is 6. The van der Waals surface area contributed by atoms with Crippen LogP contribution < -0.4 is 5.32 Å². The van der Waals surface area contributed by atoms with Crippen LogP contribution in [0, 0.1) is 11.8 Å². The van der Waals surface area contributed by atoms with Crippen LogP contribution in [0.2, 0.25) is 0 Å². The van der Waals surface area contributed by atoms with Crippen LogP contribution in [0.25, 0.3) is 0 Å². The summed E-state index contributed by atoms with van der Waals surface area (Å²) in [5, 5.41) is 12.8. The van der Waals surface area contributed by atoms with Crippen molar-refractivity contribution in [2.75, 3.05) is 13.7 Å². The Hall–Kier alpha value is -2.41. The predicted molar refractivity (Wildman–Crippen MR) is 93.0 cm³/mol. The van der Waals surface area contributed by atoms with E-state index in [1.807, 2.05) is 6.92 Å². The van der Waals surface area contributed by atoms with Crippen molar-refractivity contribution in [3.63, 3.8) is 0 Å². The van der Waals surface area contributed by atoms with Gasteiger partial charge in [-0.3, -0.25) is 24.6 Å². The van der Waals surface area contributed by atoms with Crippen molar-refractivity contribution in [3.05, 3.63) is 29.8 Å². The van der Waals surface area contributed by atoms with E-state index in [-0.39, 0.29) is 24.2 Å². The second-order valence-electron chi connectivity index (χ2n) is 6.89. The van der Waals surface area contributed by atoms with E-state index in [9.17, 15) is 19.5 Å². The summed E-state index contributed by atoms with van der Waals surface area (Å²) < 4.78 is 5.29. The molecule has 2 amide bonds. The first-order chi connectivity index (χ1) is 12.4. The van der Waals surface area contributed by atoms with Crippen LogP contribution in [0.1, 0.15) is 38.3 Å². The lowest BCUT2D eigenvalue weighted by Gasteiger charge is -2.32. The van der Waals surface area contributed by atoms with E-state index in [2.05, 4.69) is 5.32 Å². The third-order valence-electron chi connectivity index (χ3n) is 5.41. The standard InChI is InChI=1S/C19H24N2O5/c1-4-10-19(18(25)26-5-2)14-13(16(23)21(3)17(14)24)15(20-19)11-6-8-12(22)9-7-11/h6-9,13-15,20,22H,4-5,10H2,1-3H3/t13-,14+,15-,19+/m0/s1. The van der Waals surface area contributed by atoms with Crippen molar-refractivity contribution in [1.29, 1.82) is 0 Å². The van der Waals surface area contributed by atoms with Crippen molar-refractivity contribution >= 4 is 17.8 Å². The SMILES string of the molecule is CCC[C@@]1(C(=O)OCC)N[C@@H](c2ccc(O)cc2)[C@H]2C(=O)N(C)C(=O)[C@@H]21. The van der Waals surface area contributed by atoms with E-state index < -0.39 is 29.4 Å². The summed E-state index contributed by atoms with van der Waals surface area (Å²) in [5.41, 5.74) is -0.480. The summed E-state index contributed by atoms with van der Waals surface area (Å²) in [5.74, 6) is -2.50. The quantitative estimate of drug-likeness (QED) is 0.608. The lowest BCUT2D eigenvalue weighted by molar-refractivity contribution is -0.156. The van der Waals surface area contributed by atoms with Crippen molar-refractivity contribution in [2.45, 2.75) is 38.3 Å². The summed E-state index contributed by atoms with van der Waals surface area (Å²) in [4.78, 5) is 39.6. The first-order valence-electron chi connectivity index (χ1n) is 8.92. The topological polar surface area (TPSA) is 95.9 Å². The van der Waals surface area contributed by atoms with Gasteiger partial charge in [0, 0.05) is 13.1 Å². The predicted octanol–water partition coefficient (Wildman–Crippen LogP) is 1.37. The number of carbonyl (C=O) groups excluding carboxylic acids is 3. The van der Waals surface area contributed by atoms with Gasteiger partial charge in [0.05, 0.1) is 18.4 Å². The number of phenols is 1. The molecule has 2 saturated heterocycles. The number of ether oxygens (including phenoxy) is 1. The highest BCUT2D eigenvalue weighted by atomic mass is 16.5. The average molecular weight is 360 g/mol. The highest BCUT2D eigenvalue weighted by molar-refractivity contribution is 6.09. The first kappa shape index (κ1) is 18.4. The molecule has 2 aliphatic heterocycles. The Labute approximate surface area is 152 Å². The molecule has 2 aliphatic rings. The summed E-state index contributed by atoms with van der Waals surface area (Å²) in [6, 6.07) is 5.96. The smallest absolute Gasteiger partial charge is 0.327 e. The largest absolute Gasteiger partial charge is 0.508 e. The lowest BCUT2D eigenvalue weighted by Crippen LogP contribution is -2.56. The van der Waals surface area contributed by atoms with Crippen LogP contribution in [-0.4, -0.2) is 47.0 Å². The van der Waals surface area contributed by atoms with Crippen LogP contribution in [0.3, 0.4) is 0 Å². The molecule has 7 heteroatoms. The summed E-state index contributed by atoms with van der Waals surface area (Å²) in [7, 11) is 1.46. The lowest BCUT2D eigenvalue weighted by atomic mass is 9.77. The maximum atomic E-state index is 12.9. The fourth-order valence-corrected chi connectivity index (χ4v) is 4.29. The molecule has 1 aromatic rings. The van der Waals surface area contributed by atoms with Gasteiger partial charge < -0.3 is 9.84 Å². The Morgan fingerprint density at radius 2 is 1.88 bits per heavy atom. The Morgan fingerprint density at radius 3 is 2.46 bits per heavy atom. The minimum atomic E-state index is -1.23. The number of nitrogens with one attached hydrogen (secondary N) is 1. The second-order valence-corrected chi connectivity index (χ2v) is 6.89. The molecule has 0 saturated carbocycles. The maximum absolute atomic E-state index is 12.9. The number of imide groups is 1.